The summed E-state index contributed by atoms with van der Waals surface area (Å²) in [4.78, 5) is 37.1. The zero-order valence-electron chi connectivity index (χ0n) is 19.4. The molecule has 2 heterocycles. The average Bonchev–Trinajstić information content (AvgIpc) is 3.22. The Bertz CT molecular complexity index is 1470. The first-order chi connectivity index (χ1) is 16.2. The van der Waals surface area contributed by atoms with E-state index in [1.807, 2.05) is 0 Å². The maximum Gasteiger partial charge on any atom is 0.311 e. The number of sulfonamides is 1. The third-order valence-corrected chi connectivity index (χ3v) is 8.44. The van der Waals surface area contributed by atoms with E-state index in [2.05, 4.69) is 15.2 Å². The zero-order chi connectivity index (χ0) is 26.2. The summed E-state index contributed by atoms with van der Waals surface area (Å²) in [5.74, 6) is -3.06. The van der Waals surface area contributed by atoms with Crippen LogP contribution in [0.3, 0.4) is 0 Å². The smallest absolute Gasteiger partial charge is 0.311 e. The van der Waals surface area contributed by atoms with Gasteiger partial charge in [0.15, 0.2) is 5.78 Å². The molecular formula is C22H22ClN3O7S2. The molecule has 0 aliphatic heterocycles. The summed E-state index contributed by atoms with van der Waals surface area (Å²) < 4.78 is 33.6. The molecule has 0 spiro atoms. The maximum absolute atomic E-state index is 13.3. The van der Waals surface area contributed by atoms with Crippen LogP contribution in [0.2, 0.25) is 5.02 Å². The average molecular weight is 540 g/mol. The molecular weight excluding hydrogens is 518 g/mol. The molecule has 10 nitrogen and oxygen atoms in total. The SMILES string of the molecule is Cc1cc(C)c(NC(=O)c2sc(C)c(C)c2S(=O)(=O)Nc2onc(C)c2Cl)c(C(=O)CC(=O)O)c1. The van der Waals surface area contributed by atoms with Gasteiger partial charge in [-0.1, -0.05) is 22.8 Å². The molecule has 186 valence electrons. The molecule has 3 rings (SSSR count). The minimum atomic E-state index is -4.32. The Hall–Kier alpha value is -3.22. The number of thiophene rings is 1. The van der Waals surface area contributed by atoms with Crippen LogP contribution >= 0.6 is 22.9 Å². The number of nitrogens with zero attached hydrogens (tertiary/aromatic N) is 1. The molecule has 2 aromatic heterocycles. The molecule has 0 saturated carbocycles. The third kappa shape index (κ3) is 5.39. The largest absolute Gasteiger partial charge is 0.481 e. The number of carbonyl (C=O) groups is 3. The highest BCUT2D eigenvalue weighted by Gasteiger charge is 2.31. The first-order valence-electron chi connectivity index (χ1n) is 10.1. The van der Waals surface area contributed by atoms with Crippen LogP contribution in [-0.4, -0.2) is 36.3 Å². The van der Waals surface area contributed by atoms with Gasteiger partial charge in [-0.2, -0.15) is 0 Å². The lowest BCUT2D eigenvalue weighted by Crippen LogP contribution is -2.21. The van der Waals surface area contributed by atoms with Gasteiger partial charge in [-0.15, -0.1) is 11.3 Å². The van der Waals surface area contributed by atoms with E-state index in [1.54, 1.807) is 33.8 Å². The van der Waals surface area contributed by atoms with Gasteiger partial charge < -0.3 is 14.9 Å². The molecule has 0 atom stereocenters. The van der Waals surface area contributed by atoms with Crippen LogP contribution in [0.25, 0.3) is 0 Å². The number of carboxylic acid groups (broad SMARTS) is 1. The number of aryl methyl sites for hydroxylation is 4. The number of carboxylic acids is 1. The Kier molecular flexibility index (Phi) is 7.39. The number of ketones is 1. The molecule has 1 amide bonds. The second-order valence-electron chi connectivity index (χ2n) is 7.91. The predicted octanol–water partition coefficient (Wildman–Crippen LogP) is 4.64. The molecule has 0 aliphatic rings. The normalized spacial score (nSPS) is 11.4. The fourth-order valence-electron chi connectivity index (χ4n) is 3.43. The van der Waals surface area contributed by atoms with Crippen LogP contribution in [0.15, 0.2) is 21.6 Å². The number of amides is 1. The van der Waals surface area contributed by atoms with Crippen LogP contribution in [0.5, 0.6) is 0 Å². The van der Waals surface area contributed by atoms with Gasteiger partial charge >= 0.3 is 5.97 Å². The summed E-state index contributed by atoms with van der Waals surface area (Å²) in [5, 5.41) is 15.2. The second kappa shape index (κ2) is 9.80. The number of nitrogens with one attached hydrogen (secondary N) is 2. The Morgan fingerprint density at radius 2 is 1.80 bits per heavy atom. The van der Waals surface area contributed by atoms with Crippen LogP contribution in [0.4, 0.5) is 11.6 Å². The van der Waals surface area contributed by atoms with E-state index < -0.39 is 34.1 Å². The number of halogens is 1. The number of aromatic nitrogens is 1. The number of aliphatic carboxylic acids is 1. The Morgan fingerprint density at radius 3 is 2.37 bits per heavy atom. The van der Waals surface area contributed by atoms with Gasteiger partial charge in [0.1, 0.15) is 26.9 Å². The van der Waals surface area contributed by atoms with E-state index in [9.17, 15) is 22.8 Å². The summed E-state index contributed by atoms with van der Waals surface area (Å²) in [7, 11) is -4.32. The fraction of sp³-hybridized carbons (Fsp3) is 0.273. The van der Waals surface area contributed by atoms with Crippen LogP contribution < -0.4 is 10.0 Å². The standard InChI is InChI=1S/C22H22ClN3O7S2/c1-9-6-10(2)18(14(7-9)15(27)8-16(28)29)24-21(30)19-20(11(3)13(5)34-19)35(31,32)26-22-17(23)12(4)25-33-22/h6-7,26H,8H2,1-5H3,(H,24,30)(H,28,29). The van der Waals surface area contributed by atoms with E-state index in [0.717, 1.165) is 11.3 Å². The number of hydrogen-bond donors (Lipinski definition) is 3. The molecule has 3 N–H and O–H groups in total. The minimum absolute atomic E-state index is 0.0129. The minimum Gasteiger partial charge on any atom is -0.481 e. The van der Waals surface area contributed by atoms with Gasteiger partial charge in [0.05, 0.1) is 5.69 Å². The second-order valence-corrected chi connectivity index (χ2v) is 11.1. The van der Waals surface area contributed by atoms with E-state index >= 15 is 0 Å². The molecule has 3 aromatic rings. The van der Waals surface area contributed by atoms with Gasteiger partial charge in [0.2, 0.25) is 0 Å². The number of rotatable bonds is 8. The van der Waals surface area contributed by atoms with Crippen molar-refractivity contribution < 1.29 is 32.4 Å². The van der Waals surface area contributed by atoms with Crippen LogP contribution in [-0.2, 0) is 14.8 Å². The first-order valence-corrected chi connectivity index (χ1v) is 12.8. The molecule has 0 aliphatic carbocycles. The summed E-state index contributed by atoms with van der Waals surface area (Å²) in [5.41, 5.74) is 1.99. The van der Waals surface area contributed by atoms with E-state index in [-0.39, 0.29) is 37.6 Å². The van der Waals surface area contributed by atoms with Gasteiger partial charge in [0, 0.05) is 10.4 Å². The zero-order valence-corrected chi connectivity index (χ0v) is 21.8. The highest BCUT2D eigenvalue weighted by atomic mass is 35.5. The van der Waals surface area contributed by atoms with Crippen LogP contribution in [0.1, 0.15) is 53.7 Å². The lowest BCUT2D eigenvalue weighted by molar-refractivity contribution is -0.135. The third-order valence-electron chi connectivity index (χ3n) is 5.15. The molecule has 35 heavy (non-hydrogen) atoms. The lowest BCUT2D eigenvalue weighted by Gasteiger charge is -2.15. The topological polar surface area (TPSA) is 156 Å². The number of carbonyl (C=O) groups excluding carboxylic acids is 2. The van der Waals surface area contributed by atoms with Crippen molar-refractivity contribution in [3.8, 4) is 0 Å². The Balaban J connectivity index is 2.05. The molecule has 13 heteroatoms. The van der Waals surface area contributed by atoms with Crippen molar-refractivity contribution in [3.05, 3.63) is 54.9 Å². The molecule has 0 fully saturated rings. The predicted molar refractivity (Wildman–Crippen MR) is 131 cm³/mol. The van der Waals surface area contributed by atoms with Crippen molar-refractivity contribution in [2.75, 3.05) is 10.0 Å². The van der Waals surface area contributed by atoms with E-state index in [1.165, 1.54) is 13.0 Å². The van der Waals surface area contributed by atoms with E-state index in [4.69, 9.17) is 21.2 Å². The van der Waals surface area contributed by atoms with Gasteiger partial charge in [0.25, 0.3) is 21.8 Å². The number of anilines is 2. The fourth-order valence-corrected chi connectivity index (χ4v) is 6.45. The molecule has 0 bridgehead atoms. The lowest BCUT2D eigenvalue weighted by atomic mass is 9.99. The molecule has 0 radical (unpaired) electrons. The summed E-state index contributed by atoms with van der Waals surface area (Å²) in [6.45, 7) is 8.15. The summed E-state index contributed by atoms with van der Waals surface area (Å²) >= 11 is 7.00. The number of Topliss-reactive ketones (excluding diaryl/α,β-unsaturated/α-hetero) is 1. The van der Waals surface area contributed by atoms with Gasteiger partial charge in [-0.05, 0) is 57.4 Å². The molecule has 0 saturated heterocycles. The number of benzene rings is 1. The van der Waals surface area contributed by atoms with E-state index in [0.29, 0.717) is 21.6 Å². The van der Waals surface area contributed by atoms with Crippen LogP contribution in [0, 0.1) is 34.6 Å². The highest BCUT2D eigenvalue weighted by molar-refractivity contribution is 7.93. The van der Waals surface area contributed by atoms with Crippen molar-refractivity contribution >= 4 is 62.2 Å². The van der Waals surface area contributed by atoms with Crippen molar-refractivity contribution in [1.29, 1.82) is 0 Å². The first kappa shape index (κ1) is 26.4. The van der Waals surface area contributed by atoms with Crippen molar-refractivity contribution in [2.24, 2.45) is 0 Å². The Labute approximate surface area is 210 Å². The molecule has 0 unspecified atom stereocenters. The summed E-state index contributed by atoms with van der Waals surface area (Å²) in [6.07, 6.45) is -0.760. The van der Waals surface area contributed by atoms with Gasteiger partial charge in [-0.3, -0.25) is 14.4 Å². The van der Waals surface area contributed by atoms with Crippen molar-refractivity contribution in [3.63, 3.8) is 0 Å². The summed E-state index contributed by atoms with van der Waals surface area (Å²) in [6, 6.07) is 3.19. The monoisotopic (exact) mass is 539 g/mol. The highest BCUT2D eigenvalue weighted by Crippen LogP contribution is 2.35. The maximum atomic E-state index is 13.3. The quantitative estimate of drug-likeness (QED) is 0.276. The van der Waals surface area contributed by atoms with Gasteiger partial charge in [-0.25, -0.2) is 13.1 Å². The molecule has 1 aromatic carbocycles. The Morgan fingerprint density at radius 1 is 1.14 bits per heavy atom. The number of hydrogen-bond acceptors (Lipinski definition) is 8. The van der Waals surface area contributed by atoms with Crippen molar-refractivity contribution in [1.82, 2.24) is 5.16 Å². The van der Waals surface area contributed by atoms with Crippen molar-refractivity contribution in [2.45, 2.75) is 45.9 Å².